The van der Waals surface area contributed by atoms with Crippen LogP contribution in [0.15, 0.2) is 76.6 Å². The zero-order valence-corrected chi connectivity index (χ0v) is 27.1. The summed E-state index contributed by atoms with van der Waals surface area (Å²) in [4.78, 5) is 68.1. The summed E-state index contributed by atoms with van der Waals surface area (Å²) in [6, 6.07) is 17.4. The van der Waals surface area contributed by atoms with Gasteiger partial charge in [0.2, 0.25) is 17.7 Å². The molecule has 12 nitrogen and oxygen atoms in total. The lowest BCUT2D eigenvalue weighted by atomic mass is 9.83. The van der Waals surface area contributed by atoms with Gasteiger partial charge in [0.1, 0.15) is 17.5 Å². The maximum absolute atomic E-state index is 14.2. The number of anilines is 2. The van der Waals surface area contributed by atoms with Crippen LogP contribution in [0.1, 0.15) is 33.6 Å². The molecule has 0 radical (unpaired) electrons. The Bertz CT molecular complexity index is 1940. The quantitative estimate of drug-likeness (QED) is 0.195. The number of ether oxygens (including phenoxy) is 3. The number of methoxy groups -OCH3 is 2. The van der Waals surface area contributed by atoms with Crippen molar-refractivity contribution in [1.82, 2.24) is 4.57 Å². The number of phenolic OH excluding ortho intramolecular Hbond substituents is 1. The molecule has 3 aromatic carbocycles. The standard InChI is InChI=1S/C33H29N3O9S2/c1-4-45-32(41)17-5-10-20(11-6-17)36-29(39)26-25(18-7-14-22(37)23(15-18)44-3)28-31(46-27(26)30(36)40)35(33(42)47-28)16-24(38)34-19-8-12-21(43-2)13-9-19/h5-15,25-27,37H,4,16H2,1-3H3,(H,34,38). The molecule has 14 heteroatoms. The Balaban J connectivity index is 1.38. The fourth-order valence-corrected chi connectivity index (χ4v) is 8.51. The number of amides is 3. The molecule has 3 unspecified atom stereocenters. The molecule has 1 fully saturated rings. The van der Waals surface area contributed by atoms with Crippen molar-refractivity contribution in [3.05, 3.63) is 92.4 Å². The van der Waals surface area contributed by atoms with E-state index in [1.165, 1.54) is 49.1 Å². The van der Waals surface area contributed by atoms with Crippen molar-refractivity contribution in [2.75, 3.05) is 31.0 Å². The first kappa shape index (κ1) is 31.9. The number of carbonyl (C=O) groups excluding carboxylic acids is 4. The molecular weight excluding hydrogens is 647 g/mol. The fourth-order valence-electron chi connectivity index (χ4n) is 5.74. The van der Waals surface area contributed by atoms with Crippen LogP contribution < -0.4 is 24.6 Å². The average Bonchev–Trinajstić information content (AvgIpc) is 3.51. The van der Waals surface area contributed by atoms with E-state index in [2.05, 4.69) is 5.32 Å². The first-order chi connectivity index (χ1) is 22.6. The first-order valence-corrected chi connectivity index (χ1v) is 16.2. The molecule has 3 amide bonds. The van der Waals surface area contributed by atoms with Gasteiger partial charge in [-0.1, -0.05) is 29.2 Å². The smallest absolute Gasteiger partial charge is 0.338 e. The Kier molecular flexibility index (Phi) is 8.80. The zero-order chi connectivity index (χ0) is 33.4. The number of rotatable bonds is 9. The number of fused-ring (bicyclic) bond motifs is 2. The number of nitrogens with one attached hydrogen (secondary N) is 1. The summed E-state index contributed by atoms with van der Waals surface area (Å²) in [5.41, 5.74) is 1.61. The lowest BCUT2D eigenvalue weighted by molar-refractivity contribution is -0.122. The Morgan fingerprint density at radius 2 is 1.66 bits per heavy atom. The van der Waals surface area contributed by atoms with Gasteiger partial charge in [-0.15, -0.1) is 0 Å². The van der Waals surface area contributed by atoms with E-state index in [9.17, 15) is 29.1 Å². The molecule has 2 aliphatic heterocycles. The number of imide groups is 1. The molecule has 4 aromatic rings. The van der Waals surface area contributed by atoms with E-state index in [1.807, 2.05) is 0 Å². The summed E-state index contributed by atoms with van der Waals surface area (Å²) >= 11 is 1.98. The van der Waals surface area contributed by atoms with Crippen molar-refractivity contribution in [3.8, 4) is 17.2 Å². The number of thioether (sulfide) groups is 1. The highest BCUT2D eigenvalue weighted by atomic mass is 32.2. The minimum absolute atomic E-state index is 0.115. The van der Waals surface area contributed by atoms with Gasteiger partial charge in [-0.2, -0.15) is 0 Å². The van der Waals surface area contributed by atoms with E-state index >= 15 is 0 Å². The van der Waals surface area contributed by atoms with Crippen LogP contribution in [0.5, 0.6) is 17.2 Å². The summed E-state index contributed by atoms with van der Waals surface area (Å²) in [6.07, 6.45) is 0. The van der Waals surface area contributed by atoms with Crippen LogP contribution in [-0.4, -0.2) is 59.4 Å². The van der Waals surface area contributed by atoms with E-state index in [0.29, 0.717) is 26.9 Å². The molecule has 3 atom stereocenters. The monoisotopic (exact) mass is 675 g/mol. The van der Waals surface area contributed by atoms with Gasteiger partial charge >= 0.3 is 10.8 Å². The summed E-state index contributed by atoms with van der Waals surface area (Å²) in [5, 5.41) is 12.5. The molecule has 0 spiro atoms. The van der Waals surface area contributed by atoms with Crippen LogP contribution in [-0.2, 0) is 25.7 Å². The number of phenols is 1. The van der Waals surface area contributed by atoms with E-state index in [4.69, 9.17) is 14.2 Å². The van der Waals surface area contributed by atoms with E-state index < -0.39 is 45.6 Å². The van der Waals surface area contributed by atoms with Crippen LogP contribution in [0.4, 0.5) is 11.4 Å². The Hall–Kier alpha value is -5.08. The number of hydrogen-bond acceptors (Lipinski definition) is 11. The topological polar surface area (TPSA) is 153 Å². The van der Waals surface area contributed by atoms with Gasteiger partial charge in [0, 0.05) is 16.5 Å². The second-order valence-corrected chi connectivity index (χ2v) is 12.8. The number of benzene rings is 3. The van der Waals surface area contributed by atoms with Crippen LogP contribution in [0.25, 0.3) is 0 Å². The number of thiazole rings is 1. The third-order valence-electron chi connectivity index (χ3n) is 7.92. The van der Waals surface area contributed by atoms with Crippen molar-refractivity contribution in [2.24, 2.45) is 5.92 Å². The van der Waals surface area contributed by atoms with Gasteiger partial charge in [0.15, 0.2) is 11.5 Å². The highest BCUT2D eigenvalue weighted by Gasteiger charge is 2.57. The van der Waals surface area contributed by atoms with Gasteiger partial charge in [-0.3, -0.25) is 23.7 Å². The second-order valence-electron chi connectivity index (χ2n) is 10.7. The van der Waals surface area contributed by atoms with E-state index in [0.717, 1.165) is 28.0 Å². The second kappa shape index (κ2) is 13.0. The number of aromatic nitrogens is 1. The summed E-state index contributed by atoms with van der Waals surface area (Å²) in [7, 11) is 2.93. The third kappa shape index (κ3) is 5.85. The zero-order valence-electron chi connectivity index (χ0n) is 25.4. The van der Waals surface area contributed by atoms with Crippen LogP contribution >= 0.6 is 23.1 Å². The van der Waals surface area contributed by atoms with Crippen molar-refractivity contribution in [3.63, 3.8) is 0 Å². The molecular formula is C33H29N3O9S2. The van der Waals surface area contributed by atoms with Crippen LogP contribution in [0.2, 0.25) is 0 Å². The predicted molar refractivity (Wildman–Crippen MR) is 175 cm³/mol. The Morgan fingerprint density at radius 3 is 2.32 bits per heavy atom. The molecule has 2 aliphatic rings. The molecule has 0 aliphatic carbocycles. The minimum atomic E-state index is -0.936. The van der Waals surface area contributed by atoms with Crippen LogP contribution in [0, 0.1) is 5.92 Å². The highest BCUT2D eigenvalue weighted by Crippen LogP contribution is 2.54. The molecule has 0 saturated carbocycles. The highest BCUT2D eigenvalue weighted by molar-refractivity contribution is 8.00. The number of carbonyl (C=O) groups is 4. The van der Waals surface area contributed by atoms with Crippen molar-refractivity contribution < 1.29 is 38.5 Å². The van der Waals surface area contributed by atoms with Gasteiger partial charge in [-0.05, 0) is 73.2 Å². The summed E-state index contributed by atoms with van der Waals surface area (Å²) in [6.45, 7) is 1.57. The molecule has 0 bridgehead atoms. The van der Waals surface area contributed by atoms with Gasteiger partial charge in [-0.25, -0.2) is 9.69 Å². The third-order valence-corrected chi connectivity index (χ3v) is 10.5. The predicted octanol–water partition coefficient (Wildman–Crippen LogP) is 4.24. The molecule has 1 saturated heterocycles. The van der Waals surface area contributed by atoms with E-state index in [-0.39, 0.29) is 35.9 Å². The van der Waals surface area contributed by atoms with Crippen molar-refractivity contribution in [2.45, 2.75) is 29.7 Å². The van der Waals surface area contributed by atoms with Gasteiger partial charge in [0.25, 0.3) is 0 Å². The summed E-state index contributed by atoms with van der Waals surface area (Å²) in [5.74, 6) is -2.99. The van der Waals surface area contributed by atoms with Crippen molar-refractivity contribution >= 4 is 58.2 Å². The molecule has 242 valence electrons. The maximum atomic E-state index is 14.2. The Labute approximate surface area is 276 Å². The number of hydrogen-bond donors (Lipinski definition) is 2. The summed E-state index contributed by atoms with van der Waals surface area (Å²) < 4.78 is 16.9. The average molecular weight is 676 g/mol. The number of esters is 1. The lowest BCUT2D eigenvalue weighted by Gasteiger charge is -2.31. The molecule has 2 N–H and O–H groups in total. The van der Waals surface area contributed by atoms with Gasteiger partial charge < -0.3 is 24.6 Å². The molecule has 1 aromatic heterocycles. The Morgan fingerprint density at radius 1 is 0.936 bits per heavy atom. The fraction of sp³-hybridized carbons (Fsp3) is 0.242. The molecule has 6 rings (SSSR count). The first-order valence-electron chi connectivity index (χ1n) is 14.5. The number of nitrogens with zero attached hydrogens (tertiary/aromatic N) is 2. The lowest BCUT2D eigenvalue weighted by Crippen LogP contribution is -2.33. The molecule has 3 heterocycles. The number of aromatic hydroxyl groups is 1. The van der Waals surface area contributed by atoms with E-state index in [1.54, 1.807) is 43.3 Å². The molecule has 47 heavy (non-hydrogen) atoms. The SMILES string of the molecule is CCOC(=O)c1ccc(N2C(=O)C3Sc4c(sc(=O)n4CC(=O)Nc4ccc(OC)cc4)C(c4ccc(O)c(OC)c4)C3C2=O)cc1. The largest absolute Gasteiger partial charge is 0.504 e. The van der Waals surface area contributed by atoms with Crippen LogP contribution in [0.3, 0.4) is 0 Å². The van der Waals surface area contributed by atoms with Crippen molar-refractivity contribution in [1.29, 1.82) is 0 Å². The maximum Gasteiger partial charge on any atom is 0.338 e. The normalized spacial score (nSPS) is 18.4. The van der Waals surface area contributed by atoms with Gasteiger partial charge in [0.05, 0.1) is 43.0 Å². The minimum Gasteiger partial charge on any atom is -0.504 e.